The molecule has 1 aliphatic heterocycles. The van der Waals surface area contributed by atoms with E-state index < -0.39 is 0 Å². The molecule has 6 heteroatoms. The highest BCUT2D eigenvalue weighted by Crippen LogP contribution is 2.30. The third kappa shape index (κ3) is 4.78. The van der Waals surface area contributed by atoms with Gasteiger partial charge in [0.2, 0.25) is 0 Å². The molecule has 0 radical (unpaired) electrons. The van der Waals surface area contributed by atoms with Crippen LogP contribution >= 0.6 is 0 Å². The van der Waals surface area contributed by atoms with E-state index in [1.54, 1.807) is 7.11 Å². The first-order valence-electron chi connectivity index (χ1n) is 9.21. The Morgan fingerprint density at radius 1 is 1.15 bits per heavy atom. The number of anilines is 1. The molecule has 3 rings (SSSR count). The Hall–Kier alpha value is -2.57. The van der Waals surface area contributed by atoms with E-state index in [0.717, 1.165) is 24.2 Å². The van der Waals surface area contributed by atoms with Gasteiger partial charge in [0, 0.05) is 19.7 Å². The van der Waals surface area contributed by atoms with Crippen LogP contribution in [0.5, 0.6) is 5.75 Å². The summed E-state index contributed by atoms with van der Waals surface area (Å²) < 4.78 is 11.2. The van der Waals surface area contributed by atoms with Crippen molar-refractivity contribution in [2.75, 3.05) is 39.2 Å². The topological polar surface area (TPSA) is 62.8 Å². The van der Waals surface area contributed by atoms with E-state index in [2.05, 4.69) is 15.5 Å². The summed E-state index contributed by atoms with van der Waals surface area (Å²) in [5.74, 6) is 0.620. The molecule has 2 atom stereocenters. The molecular formula is C21H27N3O3. The van der Waals surface area contributed by atoms with E-state index in [0.29, 0.717) is 18.0 Å². The molecule has 2 aromatic rings. The number of urea groups is 1. The molecule has 2 unspecified atom stereocenters. The zero-order valence-electron chi connectivity index (χ0n) is 16.1. The number of methoxy groups -OCH3 is 1. The van der Waals surface area contributed by atoms with E-state index in [1.165, 1.54) is 0 Å². The van der Waals surface area contributed by atoms with Gasteiger partial charge in [0.1, 0.15) is 5.75 Å². The second-order valence-corrected chi connectivity index (χ2v) is 6.70. The minimum absolute atomic E-state index is 0.00305. The SMILES string of the molecule is CCOC1CN(C)CC1NC(=O)Nc1cc(-c2ccccc2)ccc1OC. The molecule has 2 aromatic carbocycles. The van der Waals surface area contributed by atoms with Gasteiger partial charge in [-0.25, -0.2) is 4.79 Å². The van der Waals surface area contributed by atoms with E-state index >= 15 is 0 Å². The lowest BCUT2D eigenvalue weighted by Gasteiger charge is -2.20. The summed E-state index contributed by atoms with van der Waals surface area (Å²) in [7, 11) is 3.62. The number of likely N-dealkylation sites (N-methyl/N-ethyl adjacent to an activating group) is 1. The minimum Gasteiger partial charge on any atom is -0.495 e. The predicted molar refractivity (Wildman–Crippen MR) is 107 cm³/mol. The van der Waals surface area contributed by atoms with Crippen LogP contribution in [0, 0.1) is 0 Å². The first-order valence-corrected chi connectivity index (χ1v) is 9.21. The Kier molecular flexibility index (Phi) is 6.32. The zero-order valence-corrected chi connectivity index (χ0v) is 16.1. The fourth-order valence-corrected chi connectivity index (χ4v) is 3.43. The van der Waals surface area contributed by atoms with E-state index in [-0.39, 0.29) is 18.2 Å². The van der Waals surface area contributed by atoms with Crippen molar-refractivity contribution in [1.82, 2.24) is 10.2 Å². The number of hydrogen-bond acceptors (Lipinski definition) is 4. The van der Waals surface area contributed by atoms with Crippen LogP contribution in [0.1, 0.15) is 6.92 Å². The Morgan fingerprint density at radius 2 is 1.93 bits per heavy atom. The zero-order chi connectivity index (χ0) is 19.2. The highest BCUT2D eigenvalue weighted by molar-refractivity contribution is 5.92. The van der Waals surface area contributed by atoms with Crippen molar-refractivity contribution in [2.45, 2.75) is 19.1 Å². The van der Waals surface area contributed by atoms with Gasteiger partial charge >= 0.3 is 6.03 Å². The molecule has 2 N–H and O–H groups in total. The molecule has 0 spiro atoms. The third-order valence-electron chi connectivity index (χ3n) is 4.70. The van der Waals surface area contributed by atoms with Crippen molar-refractivity contribution in [3.63, 3.8) is 0 Å². The molecule has 0 saturated carbocycles. The van der Waals surface area contributed by atoms with Crippen LogP contribution < -0.4 is 15.4 Å². The van der Waals surface area contributed by atoms with Crippen LogP contribution in [-0.4, -0.2) is 56.9 Å². The van der Waals surface area contributed by atoms with Crippen molar-refractivity contribution < 1.29 is 14.3 Å². The van der Waals surface area contributed by atoms with Crippen LogP contribution in [-0.2, 0) is 4.74 Å². The maximum atomic E-state index is 12.6. The summed E-state index contributed by atoms with van der Waals surface area (Å²) in [6, 6.07) is 15.5. The van der Waals surface area contributed by atoms with Crippen LogP contribution in [0.25, 0.3) is 11.1 Å². The number of amides is 2. The molecule has 27 heavy (non-hydrogen) atoms. The number of benzene rings is 2. The Morgan fingerprint density at radius 3 is 2.63 bits per heavy atom. The van der Waals surface area contributed by atoms with Gasteiger partial charge in [-0.2, -0.15) is 0 Å². The number of rotatable bonds is 6. The summed E-state index contributed by atoms with van der Waals surface area (Å²) in [6.07, 6.45) is 0.00305. The highest BCUT2D eigenvalue weighted by Gasteiger charge is 2.32. The first kappa shape index (κ1) is 19.2. The molecule has 1 heterocycles. The maximum Gasteiger partial charge on any atom is 0.319 e. The van der Waals surface area contributed by atoms with Gasteiger partial charge in [0.15, 0.2) is 0 Å². The predicted octanol–water partition coefficient (Wildman–Crippen LogP) is 3.20. The molecule has 0 aromatic heterocycles. The largest absolute Gasteiger partial charge is 0.495 e. The van der Waals surface area contributed by atoms with Crippen molar-refractivity contribution in [3.8, 4) is 16.9 Å². The quantitative estimate of drug-likeness (QED) is 0.821. The molecule has 1 aliphatic rings. The van der Waals surface area contributed by atoms with E-state index in [4.69, 9.17) is 9.47 Å². The molecule has 2 amide bonds. The van der Waals surface area contributed by atoms with Gasteiger partial charge in [-0.15, -0.1) is 0 Å². The van der Waals surface area contributed by atoms with Crippen LogP contribution in [0.3, 0.4) is 0 Å². The average Bonchev–Trinajstić information content (AvgIpc) is 3.01. The number of nitrogens with one attached hydrogen (secondary N) is 2. The summed E-state index contributed by atoms with van der Waals surface area (Å²) in [6.45, 7) is 4.17. The second kappa shape index (κ2) is 8.88. The molecule has 1 saturated heterocycles. The fraction of sp³-hybridized carbons (Fsp3) is 0.381. The number of ether oxygens (including phenoxy) is 2. The second-order valence-electron chi connectivity index (χ2n) is 6.70. The van der Waals surface area contributed by atoms with Gasteiger partial charge in [0.05, 0.1) is 24.9 Å². The van der Waals surface area contributed by atoms with Gasteiger partial charge in [-0.1, -0.05) is 36.4 Å². The van der Waals surface area contributed by atoms with Crippen LogP contribution in [0.2, 0.25) is 0 Å². The number of carbonyl (C=O) groups excluding carboxylic acids is 1. The normalized spacial score (nSPS) is 19.7. The van der Waals surface area contributed by atoms with Crippen molar-refractivity contribution >= 4 is 11.7 Å². The molecule has 0 aliphatic carbocycles. The molecule has 6 nitrogen and oxygen atoms in total. The van der Waals surface area contributed by atoms with Crippen molar-refractivity contribution in [1.29, 1.82) is 0 Å². The van der Waals surface area contributed by atoms with Crippen molar-refractivity contribution in [3.05, 3.63) is 48.5 Å². The van der Waals surface area contributed by atoms with Gasteiger partial charge in [0.25, 0.3) is 0 Å². The third-order valence-corrected chi connectivity index (χ3v) is 4.70. The van der Waals surface area contributed by atoms with E-state index in [1.807, 2.05) is 62.5 Å². The summed E-state index contributed by atoms with van der Waals surface area (Å²) in [5.41, 5.74) is 2.73. The lowest BCUT2D eigenvalue weighted by Crippen LogP contribution is -2.45. The lowest BCUT2D eigenvalue weighted by atomic mass is 10.0. The summed E-state index contributed by atoms with van der Waals surface area (Å²) in [5, 5.41) is 5.96. The number of hydrogen-bond donors (Lipinski definition) is 2. The average molecular weight is 369 g/mol. The smallest absolute Gasteiger partial charge is 0.319 e. The number of nitrogens with zero attached hydrogens (tertiary/aromatic N) is 1. The molecule has 144 valence electrons. The van der Waals surface area contributed by atoms with Gasteiger partial charge < -0.3 is 25.0 Å². The minimum atomic E-state index is -0.261. The van der Waals surface area contributed by atoms with Crippen LogP contribution in [0.15, 0.2) is 48.5 Å². The molecule has 0 bridgehead atoms. The standard InChI is InChI=1S/C21H27N3O3/c1-4-27-20-14-24(2)13-18(20)23-21(25)22-17-12-16(10-11-19(17)26-3)15-8-6-5-7-9-15/h5-12,18,20H,4,13-14H2,1-3H3,(H2,22,23,25). The molecule has 1 fully saturated rings. The van der Waals surface area contributed by atoms with E-state index in [9.17, 15) is 4.79 Å². The lowest BCUT2D eigenvalue weighted by molar-refractivity contribution is 0.0568. The first-order chi connectivity index (χ1) is 13.1. The number of carbonyl (C=O) groups is 1. The Balaban J connectivity index is 1.73. The van der Waals surface area contributed by atoms with Gasteiger partial charge in [-0.3, -0.25) is 0 Å². The Bertz CT molecular complexity index is 767. The summed E-state index contributed by atoms with van der Waals surface area (Å²) >= 11 is 0. The number of likely N-dealkylation sites (tertiary alicyclic amines) is 1. The summed E-state index contributed by atoms with van der Waals surface area (Å²) in [4.78, 5) is 14.7. The highest BCUT2D eigenvalue weighted by atomic mass is 16.5. The monoisotopic (exact) mass is 369 g/mol. The Labute approximate surface area is 160 Å². The van der Waals surface area contributed by atoms with Crippen molar-refractivity contribution in [2.24, 2.45) is 0 Å². The molecular weight excluding hydrogens is 342 g/mol. The van der Waals surface area contributed by atoms with Crippen LogP contribution in [0.4, 0.5) is 10.5 Å². The van der Waals surface area contributed by atoms with Gasteiger partial charge in [-0.05, 0) is 37.2 Å². The fourth-order valence-electron chi connectivity index (χ4n) is 3.43. The maximum absolute atomic E-state index is 12.6.